The van der Waals surface area contributed by atoms with E-state index in [9.17, 15) is 17.2 Å². The molecule has 1 heterocycles. The Hall–Kier alpha value is -2.79. The Morgan fingerprint density at radius 2 is 1.50 bits per heavy atom. The number of rotatable bonds is 7. The molecule has 2 aromatic carbocycles. The molecule has 2 atom stereocenters. The Morgan fingerprint density at radius 3 is 1.96 bits per heavy atom. The van der Waals surface area contributed by atoms with E-state index in [1.54, 1.807) is 36.5 Å². The van der Waals surface area contributed by atoms with Crippen molar-refractivity contribution in [2.45, 2.75) is 5.92 Å². The van der Waals surface area contributed by atoms with Gasteiger partial charge in [0.1, 0.15) is 22.9 Å². The van der Waals surface area contributed by atoms with E-state index in [0.717, 1.165) is 16.8 Å². The normalized spacial score (nSPS) is 13.5. The lowest BCUT2D eigenvalue weighted by Crippen LogP contribution is -2.08. The minimum atomic E-state index is -4.61. The third kappa shape index (κ3) is 5.36. The van der Waals surface area contributed by atoms with E-state index in [1.807, 2.05) is 12.1 Å². The number of nitrogens with zero attached hydrogens (tertiary/aromatic N) is 1. The highest BCUT2D eigenvalue weighted by atomic mass is 32.3. The molecule has 0 aliphatic carbocycles. The molecule has 10 heteroatoms. The molecular weight excluding hydrogens is 406 g/mol. The Balaban J connectivity index is 1.97. The number of aromatic nitrogens is 1. The summed E-state index contributed by atoms with van der Waals surface area (Å²) in [5.41, 5.74) is 2.32. The number of benzene rings is 2. The van der Waals surface area contributed by atoms with Crippen LogP contribution in [-0.4, -0.2) is 26.7 Å². The second kappa shape index (κ2) is 8.48. The highest BCUT2D eigenvalue weighted by Crippen LogP contribution is 2.32. The highest BCUT2D eigenvalue weighted by Gasteiger charge is 2.19. The molecule has 1 aromatic heterocycles. The SMILES string of the molecule is O=S([O-])Oc1ccc(C(c2ccc(OS(=O)(=O)O)cc2)c2ccccn2)cc1. The molecule has 0 aliphatic rings. The average molecular weight is 420 g/mol. The van der Waals surface area contributed by atoms with Crippen LogP contribution in [0.4, 0.5) is 0 Å². The van der Waals surface area contributed by atoms with Crippen molar-refractivity contribution in [3.8, 4) is 11.5 Å². The van der Waals surface area contributed by atoms with Crippen LogP contribution in [0.5, 0.6) is 11.5 Å². The molecule has 0 fully saturated rings. The van der Waals surface area contributed by atoms with Gasteiger partial charge in [0.25, 0.3) is 0 Å². The minimum absolute atomic E-state index is 0.0345. The molecule has 1 N–H and O–H groups in total. The van der Waals surface area contributed by atoms with Gasteiger partial charge in [0, 0.05) is 6.20 Å². The average Bonchev–Trinajstić information content (AvgIpc) is 2.64. The van der Waals surface area contributed by atoms with Crippen LogP contribution in [0.2, 0.25) is 0 Å². The monoisotopic (exact) mass is 420 g/mol. The Morgan fingerprint density at radius 1 is 0.929 bits per heavy atom. The standard InChI is InChI=1S/C18H15NO7S2/c20-27(21)25-15-8-4-13(5-9-15)18(17-3-1-2-12-19-17)14-6-10-16(11-7-14)26-28(22,23)24/h1-12,18H,(H,20,21)(H,22,23,24)/p-1. The maximum atomic E-state index is 10.8. The van der Waals surface area contributed by atoms with Gasteiger partial charge < -0.3 is 12.9 Å². The first kappa shape index (κ1) is 20.0. The molecule has 0 spiro atoms. The van der Waals surface area contributed by atoms with Gasteiger partial charge >= 0.3 is 10.4 Å². The Labute approximate surface area is 164 Å². The Bertz CT molecular complexity index is 1050. The molecular formula is C18H14NO7S2-. The number of hydrogen-bond acceptors (Lipinski definition) is 7. The first-order valence-electron chi connectivity index (χ1n) is 7.87. The largest absolute Gasteiger partial charge is 0.740 e. The molecule has 0 saturated heterocycles. The van der Waals surface area contributed by atoms with Crippen LogP contribution in [0.1, 0.15) is 22.7 Å². The zero-order valence-corrected chi connectivity index (χ0v) is 15.8. The smallest absolute Gasteiger partial charge is 0.446 e. The van der Waals surface area contributed by atoms with Crippen LogP contribution in [0.3, 0.4) is 0 Å². The van der Waals surface area contributed by atoms with E-state index in [4.69, 9.17) is 4.55 Å². The molecule has 0 bridgehead atoms. The molecule has 3 rings (SSSR count). The van der Waals surface area contributed by atoms with E-state index >= 15 is 0 Å². The van der Waals surface area contributed by atoms with Crippen LogP contribution in [0.15, 0.2) is 72.9 Å². The van der Waals surface area contributed by atoms with Gasteiger partial charge in [0.05, 0.1) is 11.6 Å². The summed E-state index contributed by atoms with van der Waals surface area (Å²) in [5.74, 6) is -0.172. The van der Waals surface area contributed by atoms with Crippen molar-refractivity contribution in [2.24, 2.45) is 0 Å². The van der Waals surface area contributed by atoms with Gasteiger partial charge in [-0.05, 0) is 47.5 Å². The molecule has 0 saturated carbocycles. The third-order valence-corrected chi connectivity index (χ3v) is 4.51. The van der Waals surface area contributed by atoms with Gasteiger partial charge in [-0.3, -0.25) is 9.54 Å². The van der Waals surface area contributed by atoms with Gasteiger partial charge in [0.15, 0.2) is 0 Å². The topological polar surface area (TPSA) is 126 Å². The van der Waals surface area contributed by atoms with Crippen LogP contribution in [0.25, 0.3) is 0 Å². The minimum Gasteiger partial charge on any atom is -0.740 e. The molecule has 0 radical (unpaired) electrons. The fourth-order valence-corrected chi connectivity index (χ4v) is 3.34. The van der Waals surface area contributed by atoms with Gasteiger partial charge in [-0.2, -0.15) is 8.42 Å². The van der Waals surface area contributed by atoms with Crippen molar-refractivity contribution < 1.29 is 30.1 Å². The second-order valence-electron chi connectivity index (χ2n) is 5.62. The summed E-state index contributed by atoms with van der Waals surface area (Å²) in [6.07, 6.45) is 1.65. The predicted octanol–water partition coefficient (Wildman–Crippen LogP) is 2.62. The molecule has 8 nitrogen and oxygen atoms in total. The zero-order chi connectivity index (χ0) is 20.1. The Kier molecular flexibility index (Phi) is 6.05. The molecule has 0 aliphatic heterocycles. The van der Waals surface area contributed by atoms with Crippen molar-refractivity contribution in [1.82, 2.24) is 4.98 Å². The maximum Gasteiger partial charge on any atom is 0.446 e. The number of hydrogen-bond donors (Lipinski definition) is 1. The van der Waals surface area contributed by atoms with Gasteiger partial charge in [-0.15, -0.1) is 0 Å². The molecule has 0 amide bonds. The van der Waals surface area contributed by atoms with E-state index in [0.29, 0.717) is 0 Å². The summed E-state index contributed by atoms with van der Waals surface area (Å²) in [5, 5.41) is 0. The molecule has 28 heavy (non-hydrogen) atoms. The van der Waals surface area contributed by atoms with E-state index in [-0.39, 0.29) is 17.4 Å². The highest BCUT2D eigenvalue weighted by molar-refractivity contribution is 7.81. The fraction of sp³-hybridized carbons (Fsp3) is 0.0556. The van der Waals surface area contributed by atoms with Crippen molar-refractivity contribution in [3.05, 3.63) is 89.7 Å². The lowest BCUT2D eigenvalue weighted by atomic mass is 9.88. The number of pyridine rings is 1. The first-order valence-corrected chi connectivity index (χ1v) is 10.2. The van der Waals surface area contributed by atoms with Gasteiger partial charge in [-0.25, -0.2) is 4.21 Å². The maximum absolute atomic E-state index is 10.8. The van der Waals surface area contributed by atoms with E-state index in [1.165, 1.54) is 24.3 Å². The van der Waals surface area contributed by atoms with Crippen LogP contribution >= 0.6 is 0 Å². The lowest BCUT2D eigenvalue weighted by Gasteiger charge is -2.18. The van der Waals surface area contributed by atoms with Gasteiger partial charge in [-0.1, -0.05) is 30.3 Å². The molecule has 146 valence electrons. The van der Waals surface area contributed by atoms with Gasteiger partial charge in [0.2, 0.25) is 0 Å². The third-order valence-electron chi connectivity index (χ3n) is 3.78. The van der Waals surface area contributed by atoms with Crippen LogP contribution in [-0.2, 0) is 21.8 Å². The second-order valence-corrected chi connectivity index (χ2v) is 7.22. The fourth-order valence-electron chi connectivity index (χ4n) is 2.71. The van der Waals surface area contributed by atoms with Crippen LogP contribution in [0, 0.1) is 0 Å². The summed E-state index contributed by atoms with van der Waals surface area (Å²) >= 11 is -2.66. The predicted molar refractivity (Wildman–Crippen MR) is 99.8 cm³/mol. The van der Waals surface area contributed by atoms with E-state index in [2.05, 4.69) is 13.4 Å². The van der Waals surface area contributed by atoms with E-state index < -0.39 is 21.8 Å². The zero-order valence-electron chi connectivity index (χ0n) is 14.2. The first-order chi connectivity index (χ1) is 13.3. The molecule has 2 unspecified atom stereocenters. The van der Waals surface area contributed by atoms with Crippen molar-refractivity contribution in [3.63, 3.8) is 0 Å². The quantitative estimate of drug-likeness (QED) is 0.457. The summed E-state index contributed by atoms with van der Waals surface area (Å²) < 4.78 is 60.8. The summed E-state index contributed by atoms with van der Waals surface area (Å²) in [6.45, 7) is 0. The molecule has 3 aromatic rings. The van der Waals surface area contributed by atoms with Crippen molar-refractivity contribution in [2.75, 3.05) is 0 Å². The lowest BCUT2D eigenvalue weighted by molar-refractivity contribution is 0.386. The van der Waals surface area contributed by atoms with Crippen molar-refractivity contribution >= 4 is 21.8 Å². The summed E-state index contributed by atoms with van der Waals surface area (Å²) in [6, 6.07) is 18.1. The van der Waals surface area contributed by atoms with Crippen molar-refractivity contribution in [1.29, 1.82) is 0 Å². The summed E-state index contributed by atoms with van der Waals surface area (Å²) in [7, 11) is -4.61. The summed E-state index contributed by atoms with van der Waals surface area (Å²) in [4.78, 5) is 4.39. The van der Waals surface area contributed by atoms with Crippen LogP contribution < -0.4 is 8.37 Å².